The van der Waals surface area contributed by atoms with E-state index in [1.54, 1.807) is 0 Å². The molecular formula is C11H22N2O2. The summed E-state index contributed by atoms with van der Waals surface area (Å²) in [6.45, 7) is 3.42. The van der Waals surface area contributed by atoms with Crippen LogP contribution in [0.1, 0.15) is 32.6 Å². The van der Waals surface area contributed by atoms with Crippen molar-refractivity contribution in [2.45, 2.75) is 38.6 Å². The smallest absolute Gasteiger partial charge is 0.233 e. The van der Waals surface area contributed by atoms with Crippen molar-refractivity contribution in [3.8, 4) is 0 Å². The van der Waals surface area contributed by atoms with Gasteiger partial charge in [-0.2, -0.15) is 0 Å². The van der Waals surface area contributed by atoms with E-state index in [0.29, 0.717) is 13.0 Å². The lowest BCUT2D eigenvalue weighted by Crippen LogP contribution is -2.39. The first-order valence-electron chi connectivity index (χ1n) is 5.87. The molecule has 0 saturated heterocycles. The van der Waals surface area contributed by atoms with Gasteiger partial charge in [0.15, 0.2) is 0 Å². The highest BCUT2D eigenvalue weighted by Crippen LogP contribution is 2.27. The quantitative estimate of drug-likeness (QED) is 0.543. The molecule has 1 saturated carbocycles. The Morgan fingerprint density at radius 1 is 1.53 bits per heavy atom. The van der Waals surface area contributed by atoms with E-state index < -0.39 is 0 Å². The third-order valence-corrected chi connectivity index (χ3v) is 2.81. The lowest BCUT2D eigenvalue weighted by atomic mass is 10.1. The van der Waals surface area contributed by atoms with E-state index in [9.17, 15) is 4.79 Å². The predicted molar refractivity (Wildman–Crippen MR) is 59.5 cm³/mol. The molecule has 1 rings (SSSR count). The summed E-state index contributed by atoms with van der Waals surface area (Å²) in [6, 6.07) is 0.252. The monoisotopic (exact) mass is 214 g/mol. The number of amides is 1. The number of hydrogen-bond acceptors (Lipinski definition) is 3. The van der Waals surface area contributed by atoms with Gasteiger partial charge in [0.2, 0.25) is 5.91 Å². The maximum absolute atomic E-state index is 11.4. The Bertz CT molecular complexity index is 193. The molecule has 1 aliphatic carbocycles. The van der Waals surface area contributed by atoms with Crippen LogP contribution >= 0.6 is 0 Å². The van der Waals surface area contributed by atoms with Gasteiger partial charge in [-0.05, 0) is 31.6 Å². The van der Waals surface area contributed by atoms with E-state index in [1.165, 1.54) is 12.8 Å². The summed E-state index contributed by atoms with van der Waals surface area (Å²) in [7, 11) is 0. The third kappa shape index (κ3) is 5.74. The fourth-order valence-electron chi connectivity index (χ4n) is 1.49. The first-order valence-corrected chi connectivity index (χ1v) is 5.87. The number of carbonyl (C=O) groups excluding carboxylic acids is 1. The zero-order valence-electron chi connectivity index (χ0n) is 9.46. The lowest BCUT2D eigenvalue weighted by Gasteiger charge is -2.15. The molecule has 0 aromatic carbocycles. The fourth-order valence-corrected chi connectivity index (χ4v) is 1.49. The molecule has 0 heterocycles. The van der Waals surface area contributed by atoms with Gasteiger partial charge in [-0.15, -0.1) is 0 Å². The highest BCUT2D eigenvalue weighted by atomic mass is 16.3. The van der Waals surface area contributed by atoms with Crippen molar-refractivity contribution in [2.24, 2.45) is 5.92 Å². The molecule has 1 fully saturated rings. The molecule has 0 aromatic heterocycles. The van der Waals surface area contributed by atoms with Gasteiger partial charge in [-0.1, -0.05) is 6.92 Å². The van der Waals surface area contributed by atoms with Gasteiger partial charge < -0.3 is 15.7 Å². The average molecular weight is 214 g/mol. The fraction of sp³-hybridized carbons (Fsp3) is 0.909. The molecule has 0 radical (unpaired) electrons. The van der Waals surface area contributed by atoms with Crippen molar-refractivity contribution in [1.29, 1.82) is 0 Å². The molecule has 4 nitrogen and oxygen atoms in total. The highest BCUT2D eigenvalue weighted by Gasteiger charge is 2.21. The van der Waals surface area contributed by atoms with Crippen molar-refractivity contribution in [1.82, 2.24) is 10.6 Å². The molecule has 1 unspecified atom stereocenters. The van der Waals surface area contributed by atoms with Crippen LogP contribution in [0.5, 0.6) is 0 Å². The largest absolute Gasteiger partial charge is 0.396 e. The molecule has 0 aliphatic heterocycles. The van der Waals surface area contributed by atoms with E-state index in [2.05, 4.69) is 17.6 Å². The van der Waals surface area contributed by atoms with Crippen molar-refractivity contribution < 1.29 is 9.90 Å². The highest BCUT2D eigenvalue weighted by molar-refractivity contribution is 5.78. The average Bonchev–Trinajstić information content (AvgIpc) is 3.05. The number of hydrogen-bond donors (Lipinski definition) is 3. The van der Waals surface area contributed by atoms with E-state index in [-0.39, 0.29) is 18.6 Å². The van der Waals surface area contributed by atoms with E-state index in [4.69, 9.17) is 5.11 Å². The molecule has 88 valence electrons. The van der Waals surface area contributed by atoms with Crippen LogP contribution in [-0.2, 0) is 4.79 Å². The van der Waals surface area contributed by atoms with Crippen molar-refractivity contribution in [3.05, 3.63) is 0 Å². The van der Waals surface area contributed by atoms with Gasteiger partial charge in [-0.25, -0.2) is 0 Å². The van der Waals surface area contributed by atoms with Crippen LogP contribution in [0.25, 0.3) is 0 Å². The Morgan fingerprint density at radius 3 is 2.80 bits per heavy atom. The minimum absolute atomic E-state index is 0.0679. The first-order chi connectivity index (χ1) is 7.26. The minimum Gasteiger partial charge on any atom is -0.396 e. The second-order valence-electron chi connectivity index (χ2n) is 4.25. The summed E-state index contributed by atoms with van der Waals surface area (Å²) >= 11 is 0. The molecule has 3 N–H and O–H groups in total. The van der Waals surface area contributed by atoms with Crippen LogP contribution in [0.15, 0.2) is 0 Å². The second kappa shape index (κ2) is 6.80. The van der Waals surface area contributed by atoms with Gasteiger partial charge in [0.05, 0.1) is 6.54 Å². The van der Waals surface area contributed by atoms with Gasteiger partial charge in [0.1, 0.15) is 0 Å². The van der Waals surface area contributed by atoms with E-state index in [1.807, 2.05) is 0 Å². The van der Waals surface area contributed by atoms with Gasteiger partial charge in [0, 0.05) is 19.2 Å². The summed E-state index contributed by atoms with van der Waals surface area (Å²) in [5.41, 5.74) is 0. The summed E-state index contributed by atoms with van der Waals surface area (Å²) in [5, 5.41) is 14.8. The molecule has 0 aromatic rings. The maximum atomic E-state index is 11.4. The molecular weight excluding hydrogens is 192 g/mol. The van der Waals surface area contributed by atoms with Crippen molar-refractivity contribution in [2.75, 3.05) is 19.7 Å². The molecule has 0 bridgehead atoms. The van der Waals surface area contributed by atoms with Crippen LogP contribution in [0, 0.1) is 5.92 Å². The Hall–Kier alpha value is -0.610. The number of aliphatic hydroxyl groups is 1. The summed E-state index contributed by atoms with van der Waals surface area (Å²) in [4.78, 5) is 11.4. The molecule has 1 atom stereocenters. The van der Waals surface area contributed by atoms with Crippen LogP contribution in [-0.4, -0.2) is 36.8 Å². The molecule has 0 spiro atoms. The first kappa shape index (κ1) is 12.5. The number of aliphatic hydroxyl groups excluding tert-OH is 1. The predicted octanol–water partition coefficient (Wildman–Crippen LogP) is 0.263. The summed E-state index contributed by atoms with van der Waals surface area (Å²) in [6.07, 6.45) is 4.18. The topological polar surface area (TPSA) is 61.4 Å². The summed E-state index contributed by atoms with van der Waals surface area (Å²) < 4.78 is 0. The second-order valence-corrected chi connectivity index (χ2v) is 4.25. The normalized spacial score (nSPS) is 17.5. The molecule has 4 heteroatoms. The maximum Gasteiger partial charge on any atom is 0.233 e. The zero-order valence-corrected chi connectivity index (χ0v) is 9.46. The Balaban J connectivity index is 2.02. The summed E-state index contributed by atoms with van der Waals surface area (Å²) in [5.74, 6) is 0.798. The Morgan fingerprint density at radius 2 is 2.27 bits per heavy atom. The standard InChI is InChI=1S/C11H22N2O2/c1-2-10(5-6-14)12-8-11(15)13-7-9-3-4-9/h9-10,12,14H,2-8H2,1H3,(H,13,15). The van der Waals surface area contributed by atoms with E-state index >= 15 is 0 Å². The van der Waals surface area contributed by atoms with Crippen LogP contribution in [0.2, 0.25) is 0 Å². The van der Waals surface area contributed by atoms with Crippen LogP contribution < -0.4 is 10.6 Å². The third-order valence-electron chi connectivity index (χ3n) is 2.81. The van der Waals surface area contributed by atoms with Crippen molar-refractivity contribution in [3.63, 3.8) is 0 Å². The molecule has 15 heavy (non-hydrogen) atoms. The molecule has 1 aliphatic rings. The van der Waals surface area contributed by atoms with Gasteiger partial charge >= 0.3 is 0 Å². The number of nitrogens with one attached hydrogen (secondary N) is 2. The van der Waals surface area contributed by atoms with Crippen LogP contribution in [0.3, 0.4) is 0 Å². The number of rotatable bonds is 8. The minimum atomic E-state index is 0.0679. The van der Waals surface area contributed by atoms with Gasteiger partial charge in [0.25, 0.3) is 0 Å². The zero-order chi connectivity index (χ0) is 11.1. The Kier molecular flexibility index (Phi) is 5.65. The Labute approximate surface area is 91.4 Å². The lowest BCUT2D eigenvalue weighted by molar-refractivity contribution is -0.120. The molecule has 1 amide bonds. The van der Waals surface area contributed by atoms with E-state index in [0.717, 1.165) is 18.9 Å². The van der Waals surface area contributed by atoms with Gasteiger partial charge in [-0.3, -0.25) is 4.79 Å². The SMILES string of the molecule is CCC(CCO)NCC(=O)NCC1CC1. The van der Waals surface area contributed by atoms with Crippen molar-refractivity contribution >= 4 is 5.91 Å². The number of carbonyl (C=O) groups is 1. The van der Waals surface area contributed by atoms with Crippen LogP contribution in [0.4, 0.5) is 0 Å².